The van der Waals surface area contributed by atoms with Crippen LogP contribution in [0.3, 0.4) is 0 Å². The predicted molar refractivity (Wildman–Crippen MR) is 161 cm³/mol. The van der Waals surface area contributed by atoms with Crippen LogP contribution < -0.4 is 4.74 Å². The Kier molecular flexibility index (Phi) is 10.6. The molecule has 0 spiro atoms. The van der Waals surface area contributed by atoms with Crippen molar-refractivity contribution in [1.82, 2.24) is 0 Å². The summed E-state index contributed by atoms with van der Waals surface area (Å²) in [6.07, 6.45) is 7.81. The van der Waals surface area contributed by atoms with Crippen molar-refractivity contribution >= 4 is 0 Å². The average Bonchev–Trinajstić information content (AvgIpc) is 3.03. The monoisotopic (exact) mass is 616 g/mol. The summed E-state index contributed by atoms with van der Waals surface area (Å²) in [4.78, 5) is 0. The molecule has 0 radical (unpaired) electrons. The first kappa shape index (κ1) is 32.4. The van der Waals surface area contributed by atoms with Crippen LogP contribution in [-0.4, -0.2) is 6.61 Å². The van der Waals surface area contributed by atoms with Gasteiger partial charge < -0.3 is 4.74 Å². The Hall–Kier alpha value is -2.96. The topological polar surface area (TPSA) is 9.23 Å². The molecule has 0 bridgehead atoms. The van der Waals surface area contributed by atoms with Gasteiger partial charge in [0.05, 0.1) is 6.61 Å². The molecule has 5 rings (SSSR count). The highest BCUT2D eigenvalue weighted by Gasteiger charge is 2.30. The molecule has 238 valence electrons. The highest BCUT2D eigenvalue weighted by atomic mass is 19.2. The molecule has 3 aromatic carbocycles. The van der Waals surface area contributed by atoms with Crippen molar-refractivity contribution in [2.75, 3.05) is 6.61 Å². The summed E-state index contributed by atoms with van der Waals surface area (Å²) in [6, 6.07) is 9.83. The molecule has 0 unspecified atom stereocenters. The van der Waals surface area contributed by atoms with Crippen molar-refractivity contribution in [3.05, 3.63) is 99.1 Å². The van der Waals surface area contributed by atoms with E-state index in [-0.39, 0.29) is 30.1 Å². The van der Waals surface area contributed by atoms with Gasteiger partial charge in [-0.1, -0.05) is 43.7 Å². The average molecular weight is 617 g/mol. The molecule has 0 amide bonds. The molecule has 7 heteroatoms. The van der Waals surface area contributed by atoms with Crippen molar-refractivity contribution in [2.45, 2.75) is 109 Å². The highest BCUT2D eigenvalue weighted by Crippen LogP contribution is 2.44. The van der Waals surface area contributed by atoms with Gasteiger partial charge in [-0.15, -0.1) is 0 Å². The SMILES string of the molecule is CCCc1ccc(C2CCC(CCc3ccc(C4CCC(c5ccc(OCC)c(F)c5F)CC4)c(F)c3F)CC2)c(F)c1F. The molecule has 0 aliphatic heterocycles. The predicted octanol–water partition coefficient (Wildman–Crippen LogP) is 11.2. The van der Waals surface area contributed by atoms with Gasteiger partial charge in [-0.05, 0) is 135 Å². The number of ether oxygens (including phenoxy) is 1. The lowest BCUT2D eigenvalue weighted by Gasteiger charge is -2.30. The van der Waals surface area contributed by atoms with Gasteiger partial charge in [0.1, 0.15) is 0 Å². The van der Waals surface area contributed by atoms with Gasteiger partial charge in [0.2, 0.25) is 5.82 Å². The van der Waals surface area contributed by atoms with Crippen LogP contribution in [0.4, 0.5) is 26.3 Å². The van der Waals surface area contributed by atoms with Crippen molar-refractivity contribution in [2.24, 2.45) is 5.92 Å². The van der Waals surface area contributed by atoms with Crippen LogP contribution in [0, 0.1) is 40.8 Å². The highest BCUT2D eigenvalue weighted by molar-refractivity contribution is 5.35. The van der Waals surface area contributed by atoms with E-state index in [9.17, 15) is 17.6 Å². The van der Waals surface area contributed by atoms with Crippen molar-refractivity contribution < 1.29 is 31.1 Å². The molecular formula is C37H42F6O. The molecule has 3 aromatic rings. The summed E-state index contributed by atoms with van der Waals surface area (Å²) >= 11 is 0. The van der Waals surface area contributed by atoms with Gasteiger partial charge in [-0.25, -0.2) is 22.0 Å². The van der Waals surface area contributed by atoms with E-state index >= 15 is 8.78 Å². The third-order valence-electron chi connectivity index (χ3n) is 10.00. The van der Waals surface area contributed by atoms with Gasteiger partial charge in [-0.3, -0.25) is 0 Å². The van der Waals surface area contributed by atoms with Gasteiger partial charge in [0.25, 0.3) is 0 Å². The summed E-state index contributed by atoms with van der Waals surface area (Å²) in [5, 5.41) is 0. The van der Waals surface area contributed by atoms with E-state index in [4.69, 9.17) is 4.74 Å². The Morgan fingerprint density at radius 3 is 1.43 bits per heavy atom. The Bertz CT molecular complexity index is 1440. The fourth-order valence-corrected chi connectivity index (χ4v) is 7.46. The van der Waals surface area contributed by atoms with E-state index in [2.05, 4.69) is 0 Å². The lowest BCUT2D eigenvalue weighted by molar-refractivity contribution is 0.303. The fraction of sp³-hybridized carbons (Fsp3) is 0.514. The van der Waals surface area contributed by atoms with Gasteiger partial charge >= 0.3 is 0 Å². The first-order valence-electron chi connectivity index (χ1n) is 16.3. The molecule has 0 heterocycles. The molecule has 1 nitrogen and oxygen atoms in total. The maximum Gasteiger partial charge on any atom is 0.200 e. The van der Waals surface area contributed by atoms with Gasteiger partial charge in [0.15, 0.2) is 34.8 Å². The lowest BCUT2D eigenvalue weighted by atomic mass is 9.75. The molecule has 0 aromatic heterocycles. The number of benzene rings is 3. The second-order valence-corrected chi connectivity index (χ2v) is 12.7. The number of hydrogen-bond acceptors (Lipinski definition) is 1. The lowest BCUT2D eigenvalue weighted by Crippen LogP contribution is -2.17. The molecular weight excluding hydrogens is 574 g/mol. The Balaban J connectivity index is 1.14. The molecule has 2 saturated carbocycles. The second-order valence-electron chi connectivity index (χ2n) is 12.7. The second kappa shape index (κ2) is 14.4. The Labute approximate surface area is 257 Å². The van der Waals surface area contributed by atoms with Crippen LogP contribution in [0.1, 0.15) is 124 Å². The first-order valence-corrected chi connectivity index (χ1v) is 16.3. The van der Waals surface area contributed by atoms with E-state index in [0.717, 1.165) is 32.1 Å². The zero-order chi connectivity index (χ0) is 31.4. The molecule has 2 aliphatic rings. The quantitative estimate of drug-likeness (QED) is 0.206. The zero-order valence-corrected chi connectivity index (χ0v) is 25.6. The largest absolute Gasteiger partial charge is 0.491 e. The summed E-state index contributed by atoms with van der Waals surface area (Å²) < 4.78 is 94.0. The number of rotatable bonds is 10. The van der Waals surface area contributed by atoms with Crippen molar-refractivity contribution in [3.8, 4) is 5.75 Å². The normalized spacial score (nSPS) is 22.3. The van der Waals surface area contributed by atoms with E-state index in [1.54, 1.807) is 37.3 Å². The third-order valence-corrected chi connectivity index (χ3v) is 10.00. The number of aryl methyl sites for hydroxylation is 2. The molecule has 0 saturated heterocycles. The summed E-state index contributed by atoms with van der Waals surface area (Å²) in [5.74, 6) is -5.10. The van der Waals surface area contributed by atoms with Gasteiger partial charge in [0, 0.05) is 0 Å². The molecule has 44 heavy (non-hydrogen) atoms. The van der Waals surface area contributed by atoms with Crippen LogP contribution in [0.5, 0.6) is 5.75 Å². The van der Waals surface area contributed by atoms with Crippen molar-refractivity contribution in [3.63, 3.8) is 0 Å². The van der Waals surface area contributed by atoms with Crippen LogP contribution in [0.25, 0.3) is 0 Å². The Morgan fingerprint density at radius 1 is 0.523 bits per heavy atom. The third kappa shape index (κ3) is 6.82. The zero-order valence-electron chi connectivity index (χ0n) is 25.6. The van der Waals surface area contributed by atoms with E-state index < -0.39 is 34.9 Å². The van der Waals surface area contributed by atoms with E-state index in [1.807, 2.05) is 6.92 Å². The maximum absolute atomic E-state index is 15.3. The maximum atomic E-state index is 15.3. The van der Waals surface area contributed by atoms with Gasteiger partial charge in [-0.2, -0.15) is 4.39 Å². The minimum atomic E-state index is -0.982. The Morgan fingerprint density at radius 2 is 0.955 bits per heavy atom. The molecule has 0 atom stereocenters. The minimum absolute atomic E-state index is 0.0232. The summed E-state index contributed by atoms with van der Waals surface area (Å²) in [7, 11) is 0. The van der Waals surface area contributed by atoms with Crippen LogP contribution >= 0.6 is 0 Å². The summed E-state index contributed by atoms with van der Waals surface area (Å²) in [5.41, 5.74) is 1.89. The molecule has 2 aliphatic carbocycles. The van der Waals surface area contributed by atoms with E-state index in [1.165, 1.54) is 6.07 Å². The van der Waals surface area contributed by atoms with Crippen LogP contribution in [0.2, 0.25) is 0 Å². The number of halogens is 6. The minimum Gasteiger partial charge on any atom is -0.491 e. The molecule has 2 fully saturated rings. The number of hydrogen-bond donors (Lipinski definition) is 0. The molecule has 0 N–H and O–H groups in total. The van der Waals surface area contributed by atoms with Crippen LogP contribution in [0.15, 0.2) is 36.4 Å². The van der Waals surface area contributed by atoms with Crippen molar-refractivity contribution in [1.29, 1.82) is 0 Å². The standard InChI is InChI=1S/C37H42F6O/c1-3-5-26-16-18-28(34(40)32(26)38)23-9-6-22(7-10-23)8-11-27-17-19-29(35(41)33(27)39)24-12-14-25(15-13-24)30-20-21-31(44-4-2)37(43)36(30)42/h16-25H,3-15H2,1-2H3. The smallest absolute Gasteiger partial charge is 0.200 e. The first-order chi connectivity index (χ1) is 21.2. The fourth-order valence-electron chi connectivity index (χ4n) is 7.46. The van der Waals surface area contributed by atoms with Crippen LogP contribution in [-0.2, 0) is 12.8 Å². The van der Waals surface area contributed by atoms with E-state index in [0.29, 0.717) is 78.7 Å². The summed E-state index contributed by atoms with van der Waals surface area (Å²) in [6.45, 7) is 3.88.